The fraction of sp³-hybridized carbons (Fsp3) is 0.706. The number of carbonyl (C=O) groups excluding carboxylic acids is 3. The van der Waals surface area contributed by atoms with Crippen LogP contribution in [0.4, 0.5) is 4.79 Å². The van der Waals surface area contributed by atoms with Crippen LogP contribution in [0.25, 0.3) is 0 Å². The van der Waals surface area contributed by atoms with E-state index in [1.807, 2.05) is 20.8 Å². The lowest BCUT2D eigenvalue weighted by Crippen LogP contribution is -2.62. The lowest BCUT2D eigenvalue weighted by Gasteiger charge is -2.32. The fourth-order valence-corrected chi connectivity index (χ4v) is 2.67. The Bertz CT molecular complexity index is 660. The number of hydrogen-bond acceptors (Lipinski definition) is 5. The number of imide groups is 1. The van der Waals surface area contributed by atoms with Crippen LogP contribution in [0.3, 0.4) is 0 Å². The Labute approximate surface area is 148 Å². The highest BCUT2D eigenvalue weighted by atomic mass is 16.2. The van der Waals surface area contributed by atoms with Gasteiger partial charge < -0.3 is 0 Å². The number of likely N-dealkylation sites (N-methyl/N-ethyl adjacent to an activating group) is 2. The standard InChI is InChI=1S/C17H27N5O3/c1-7-8-9-18-15-19-13-12(14(24)21(6)16(25)20(13)5)22(15)10-11(23)17(2,3)4/h12H,7-10H2,1-6H3/p+1. The van der Waals surface area contributed by atoms with Crippen LogP contribution in [0.15, 0.2) is 4.99 Å². The number of urea groups is 1. The maximum Gasteiger partial charge on any atom is 0.390 e. The molecule has 0 spiro atoms. The third-order valence-corrected chi connectivity index (χ3v) is 4.49. The van der Waals surface area contributed by atoms with Crippen LogP contribution in [-0.4, -0.2) is 77.1 Å². The van der Waals surface area contributed by atoms with Crippen LogP contribution in [-0.2, 0) is 9.59 Å². The number of amides is 3. The molecule has 1 saturated heterocycles. The molecule has 3 amide bonds. The first-order valence-corrected chi connectivity index (χ1v) is 8.64. The van der Waals surface area contributed by atoms with Crippen molar-refractivity contribution in [1.82, 2.24) is 15.1 Å². The smallest absolute Gasteiger partial charge is 0.296 e. The van der Waals surface area contributed by atoms with Gasteiger partial charge in [-0.15, -0.1) is 0 Å². The molecule has 2 heterocycles. The molecule has 0 aromatic carbocycles. The predicted molar refractivity (Wildman–Crippen MR) is 94.7 cm³/mol. The van der Waals surface area contributed by atoms with Gasteiger partial charge in [-0.2, -0.15) is 0 Å². The third kappa shape index (κ3) is 3.57. The second-order valence-corrected chi connectivity index (χ2v) is 7.52. The lowest BCUT2D eigenvalue weighted by molar-refractivity contribution is -0.526. The maximum absolute atomic E-state index is 12.7. The average Bonchev–Trinajstić information content (AvgIpc) is 2.89. The van der Waals surface area contributed by atoms with E-state index in [0.29, 0.717) is 18.3 Å². The van der Waals surface area contributed by atoms with Crippen molar-refractivity contribution >= 4 is 29.5 Å². The van der Waals surface area contributed by atoms with E-state index in [1.54, 1.807) is 11.6 Å². The van der Waals surface area contributed by atoms with Crippen LogP contribution in [0.2, 0.25) is 0 Å². The van der Waals surface area contributed by atoms with Gasteiger partial charge >= 0.3 is 12.0 Å². The van der Waals surface area contributed by atoms with Gasteiger partial charge in [-0.3, -0.25) is 24.7 Å². The molecular weight excluding hydrogens is 322 g/mol. The molecule has 2 aliphatic heterocycles. The number of amidine groups is 1. The molecule has 138 valence electrons. The molecule has 0 radical (unpaired) electrons. The molecule has 1 fully saturated rings. The Morgan fingerprint density at radius 1 is 1.24 bits per heavy atom. The van der Waals surface area contributed by atoms with Crippen molar-refractivity contribution in [1.29, 1.82) is 0 Å². The van der Waals surface area contributed by atoms with Crippen LogP contribution in [0, 0.1) is 5.41 Å². The van der Waals surface area contributed by atoms with E-state index in [9.17, 15) is 14.4 Å². The number of carbonyl (C=O) groups is 3. The second-order valence-electron chi connectivity index (χ2n) is 7.52. The first-order valence-electron chi connectivity index (χ1n) is 8.64. The zero-order chi connectivity index (χ0) is 18.9. The molecule has 25 heavy (non-hydrogen) atoms. The van der Waals surface area contributed by atoms with E-state index in [-0.39, 0.29) is 18.2 Å². The number of ketones is 1. The minimum atomic E-state index is -0.747. The summed E-state index contributed by atoms with van der Waals surface area (Å²) in [5, 5.41) is 3.21. The van der Waals surface area contributed by atoms with Crippen molar-refractivity contribution in [2.24, 2.45) is 10.4 Å². The molecule has 0 aliphatic carbocycles. The average molecular weight is 350 g/mol. The molecule has 1 atom stereocenters. The quantitative estimate of drug-likeness (QED) is 0.583. The van der Waals surface area contributed by atoms with Crippen molar-refractivity contribution in [3.05, 3.63) is 0 Å². The van der Waals surface area contributed by atoms with Gasteiger partial charge in [0.1, 0.15) is 6.54 Å². The van der Waals surface area contributed by atoms with E-state index in [2.05, 4.69) is 17.2 Å². The number of Topliss-reactive ketones (excluding diaryl/α,β-unsaturated/α-hetero) is 1. The van der Waals surface area contributed by atoms with E-state index in [0.717, 1.165) is 17.7 Å². The minimum absolute atomic E-state index is 0.00810. The number of nitrogens with zero attached hydrogens (tertiary/aromatic N) is 4. The monoisotopic (exact) mass is 350 g/mol. The van der Waals surface area contributed by atoms with Crippen molar-refractivity contribution in [3.8, 4) is 0 Å². The normalized spacial score (nSPS) is 20.9. The summed E-state index contributed by atoms with van der Waals surface area (Å²) in [4.78, 5) is 44.3. The van der Waals surface area contributed by atoms with E-state index in [4.69, 9.17) is 0 Å². The number of guanidine groups is 1. The SMILES string of the molecule is CCCCNC1=[N+](CC(=O)C(C)(C)C)C2C(=O)N(C)C(=O)N(C)C2=N1. The van der Waals surface area contributed by atoms with Gasteiger partial charge in [0.05, 0.1) is 6.54 Å². The molecular formula is C17H28N5O3+. The number of unbranched alkanes of at least 4 members (excludes halogenated alkanes) is 1. The Morgan fingerprint density at radius 3 is 2.44 bits per heavy atom. The van der Waals surface area contributed by atoms with Crippen molar-refractivity contribution in [2.45, 2.75) is 46.6 Å². The number of aliphatic imine (C=N–C) groups is 1. The number of rotatable bonds is 5. The topological polar surface area (TPSA) is 85.1 Å². The minimum Gasteiger partial charge on any atom is -0.296 e. The molecule has 8 heteroatoms. The van der Waals surface area contributed by atoms with Gasteiger partial charge in [-0.25, -0.2) is 9.37 Å². The summed E-state index contributed by atoms with van der Waals surface area (Å²) in [7, 11) is 3.04. The first kappa shape index (κ1) is 19.1. The van der Waals surface area contributed by atoms with Crippen LogP contribution in [0.1, 0.15) is 40.5 Å². The second kappa shape index (κ2) is 6.93. The first-order chi connectivity index (χ1) is 11.6. The highest BCUT2D eigenvalue weighted by molar-refractivity contribution is 6.22. The summed E-state index contributed by atoms with van der Waals surface area (Å²) >= 11 is 0. The molecule has 0 bridgehead atoms. The zero-order valence-corrected chi connectivity index (χ0v) is 15.9. The number of hydrogen-bond donors (Lipinski definition) is 1. The summed E-state index contributed by atoms with van der Waals surface area (Å²) in [6, 6.07) is -1.17. The van der Waals surface area contributed by atoms with Gasteiger partial charge in [-0.05, 0) is 6.42 Å². The summed E-state index contributed by atoms with van der Waals surface area (Å²) in [5.41, 5.74) is -0.525. The van der Waals surface area contributed by atoms with E-state index < -0.39 is 17.5 Å². The Kier molecular flexibility index (Phi) is 5.29. The van der Waals surface area contributed by atoms with Gasteiger partial charge in [0, 0.05) is 19.5 Å². The molecule has 2 rings (SSSR count). The Hall–Kier alpha value is -2.25. The third-order valence-electron chi connectivity index (χ3n) is 4.49. The Morgan fingerprint density at radius 2 is 1.88 bits per heavy atom. The van der Waals surface area contributed by atoms with Gasteiger partial charge in [0.15, 0.2) is 5.78 Å². The highest BCUT2D eigenvalue weighted by Crippen LogP contribution is 2.21. The fourth-order valence-electron chi connectivity index (χ4n) is 2.67. The summed E-state index contributed by atoms with van der Waals surface area (Å²) in [6.45, 7) is 8.39. The van der Waals surface area contributed by atoms with E-state index in [1.165, 1.54) is 11.9 Å². The highest BCUT2D eigenvalue weighted by Gasteiger charge is 2.52. The summed E-state index contributed by atoms with van der Waals surface area (Å²) in [6.07, 6.45) is 1.96. The largest absolute Gasteiger partial charge is 0.390 e. The zero-order valence-electron chi connectivity index (χ0n) is 15.9. The molecule has 2 aliphatic rings. The predicted octanol–water partition coefficient (Wildman–Crippen LogP) is 0.664. The number of nitrogens with one attached hydrogen (secondary N) is 1. The molecule has 0 saturated carbocycles. The lowest BCUT2D eigenvalue weighted by atomic mass is 9.90. The van der Waals surface area contributed by atoms with Crippen LogP contribution < -0.4 is 5.32 Å². The molecule has 0 aromatic heterocycles. The number of fused-ring (bicyclic) bond motifs is 1. The van der Waals surface area contributed by atoms with Gasteiger partial charge in [0.2, 0.25) is 11.9 Å². The van der Waals surface area contributed by atoms with Crippen molar-refractivity contribution < 1.29 is 19.0 Å². The van der Waals surface area contributed by atoms with Gasteiger partial charge in [-0.1, -0.05) is 39.1 Å². The Balaban J connectivity index is 2.39. The molecule has 1 unspecified atom stereocenters. The van der Waals surface area contributed by atoms with E-state index >= 15 is 0 Å². The van der Waals surface area contributed by atoms with Crippen molar-refractivity contribution in [3.63, 3.8) is 0 Å². The summed E-state index contributed by atoms with van der Waals surface area (Å²) in [5.74, 6) is 0.493. The molecule has 8 nitrogen and oxygen atoms in total. The van der Waals surface area contributed by atoms with Crippen LogP contribution >= 0.6 is 0 Å². The summed E-state index contributed by atoms with van der Waals surface area (Å²) < 4.78 is 1.68. The maximum atomic E-state index is 12.7. The molecule has 0 aromatic rings. The van der Waals surface area contributed by atoms with Crippen molar-refractivity contribution in [2.75, 3.05) is 27.2 Å². The van der Waals surface area contributed by atoms with Gasteiger partial charge in [0.25, 0.3) is 5.91 Å². The molecule has 1 N–H and O–H groups in total. The van der Waals surface area contributed by atoms with Crippen LogP contribution in [0.5, 0.6) is 0 Å².